The Kier molecular flexibility index (Phi) is 12.2. The van der Waals surface area contributed by atoms with Gasteiger partial charge in [0.05, 0.1) is 38.1 Å². The molecule has 5 heterocycles. The van der Waals surface area contributed by atoms with Gasteiger partial charge in [-0.1, -0.05) is 39.3 Å². The molecule has 3 saturated carbocycles. The second kappa shape index (κ2) is 16.5. The van der Waals surface area contributed by atoms with Crippen molar-refractivity contribution in [1.82, 2.24) is 0 Å². The van der Waals surface area contributed by atoms with Crippen LogP contribution in [0.15, 0.2) is 11.6 Å². The molecule has 5 saturated heterocycles. The molecule has 16 heteroatoms. The van der Waals surface area contributed by atoms with E-state index in [4.69, 9.17) is 37.9 Å². The predicted molar refractivity (Wildman–Crippen MR) is 208 cm³/mol. The van der Waals surface area contributed by atoms with Crippen molar-refractivity contribution in [1.29, 1.82) is 0 Å². The van der Waals surface area contributed by atoms with E-state index in [1.165, 1.54) is 18.9 Å². The summed E-state index contributed by atoms with van der Waals surface area (Å²) in [6.07, 6.45) is -9.49. The first-order valence-electron chi connectivity index (χ1n) is 22.8. The molecule has 25 atom stereocenters. The van der Waals surface area contributed by atoms with E-state index in [2.05, 4.69) is 33.8 Å². The SMILES string of the molecule is C[C@@H]1CC[C@@]2(OC1)O[C@H]1C[C@H]3[C@@H]4CC=C5C[C@@H](O[C@@H]6O[C@H](CO)[C@H](O)[C@H](O[C@@H]7OC[C@@H](O)[C@@H](O)[C@H]7O)[C@H]6O[C@@H]6O[C@@H](C)[C@H](O)[C@@H](O)[C@H]6O)CC[C@]5(C)[C@H]4CC[C@]3(C)[C@H]1[C@@H]2C. The van der Waals surface area contributed by atoms with E-state index < -0.39 is 98.4 Å². The molecule has 8 fully saturated rings. The van der Waals surface area contributed by atoms with E-state index >= 15 is 0 Å². The number of ether oxygens (including phenoxy) is 8. The molecule has 0 unspecified atom stereocenters. The largest absolute Gasteiger partial charge is 0.394 e. The Labute approximate surface area is 352 Å². The van der Waals surface area contributed by atoms with Crippen molar-refractivity contribution in [3.05, 3.63) is 11.6 Å². The van der Waals surface area contributed by atoms with Crippen molar-refractivity contribution in [2.45, 2.75) is 196 Å². The van der Waals surface area contributed by atoms with E-state index in [1.54, 1.807) is 0 Å². The Morgan fingerprint density at radius 2 is 1.48 bits per heavy atom. The van der Waals surface area contributed by atoms with Crippen LogP contribution in [0.4, 0.5) is 0 Å². The molecule has 9 rings (SSSR count). The van der Waals surface area contributed by atoms with Gasteiger partial charge in [-0.05, 0) is 98.7 Å². The van der Waals surface area contributed by atoms with Crippen molar-refractivity contribution < 1.29 is 78.7 Å². The lowest BCUT2D eigenvalue weighted by Gasteiger charge is -2.59. The first-order chi connectivity index (χ1) is 28.5. The summed E-state index contributed by atoms with van der Waals surface area (Å²) in [7, 11) is 0. The van der Waals surface area contributed by atoms with E-state index in [0.717, 1.165) is 45.1 Å². The third-order valence-electron chi connectivity index (χ3n) is 17.3. The second-order valence-corrected chi connectivity index (χ2v) is 20.6. The first kappa shape index (κ1) is 44.3. The lowest BCUT2D eigenvalue weighted by atomic mass is 9.47. The Bertz CT molecular complexity index is 1560. The summed E-state index contributed by atoms with van der Waals surface area (Å²) in [5, 5.41) is 85.1. The van der Waals surface area contributed by atoms with Gasteiger partial charge in [-0.25, -0.2) is 0 Å². The normalized spacial score (nSPS) is 57.9. The molecule has 8 N–H and O–H groups in total. The van der Waals surface area contributed by atoms with Crippen LogP contribution in [0.2, 0.25) is 0 Å². The molecule has 0 bridgehead atoms. The minimum Gasteiger partial charge on any atom is -0.394 e. The minimum absolute atomic E-state index is 0.0239. The molecule has 0 aromatic rings. The molecular weight excluding hydrogens is 784 g/mol. The molecular formula is C44H70O16. The lowest BCUT2D eigenvalue weighted by Crippen LogP contribution is -2.66. The third kappa shape index (κ3) is 7.19. The average molecular weight is 855 g/mol. The Balaban J connectivity index is 0.932. The number of hydrogen-bond donors (Lipinski definition) is 8. The van der Waals surface area contributed by atoms with Gasteiger partial charge in [0.25, 0.3) is 0 Å². The highest BCUT2D eigenvalue weighted by Gasteiger charge is 2.69. The standard InChI is InChI=1S/C44H70O16/c1-19-8-13-44(54-17-19)20(2)30-28(60-44)15-26-24-7-6-22-14-23(9-11-42(22,4)25(24)10-12-43(26,30)5)56-41-38(59-40-36(52)34(50)31(47)21(3)55-40)37(33(49)29(16-45)57-41)58-39-35(51)32(48)27(46)18-53-39/h6,19-21,23-41,45-52H,7-18H2,1-5H3/t19-,20+,21+,23+,24-,25+,26+,27-,28+,29-,30+,31+,32-,33+,34-,35-,36-,37+,38-,39+,40+,41-,42+,43+,44-/m1/s1. The fourth-order valence-corrected chi connectivity index (χ4v) is 13.7. The van der Waals surface area contributed by atoms with Crippen LogP contribution in [0.1, 0.15) is 92.4 Å². The highest BCUT2D eigenvalue weighted by molar-refractivity contribution is 5.26. The molecule has 0 aromatic carbocycles. The van der Waals surface area contributed by atoms with Crippen LogP contribution in [-0.4, -0.2) is 165 Å². The predicted octanol–water partition coefficient (Wildman–Crippen LogP) is 0.853. The number of hydrogen-bond acceptors (Lipinski definition) is 16. The van der Waals surface area contributed by atoms with Crippen LogP contribution >= 0.6 is 0 Å². The fourth-order valence-electron chi connectivity index (χ4n) is 13.7. The van der Waals surface area contributed by atoms with Gasteiger partial charge < -0.3 is 78.7 Å². The van der Waals surface area contributed by atoms with Crippen LogP contribution in [0, 0.1) is 46.3 Å². The molecule has 60 heavy (non-hydrogen) atoms. The van der Waals surface area contributed by atoms with Crippen LogP contribution < -0.4 is 0 Å². The molecule has 0 amide bonds. The zero-order valence-electron chi connectivity index (χ0n) is 35.6. The highest BCUT2D eigenvalue weighted by atomic mass is 16.8. The van der Waals surface area contributed by atoms with Crippen LogP contribution in [-0.2, 0) is 37.9 Å². The second-order valence-electron chi connectivity index (χ2n) is 20.6. The van der Waals surface area contributed by atoms with Gasteiger partial charge in [-0.3, -0.25) is 0 Å². The van der Waals surface area contributed by atoms with E-state index in [0.29, 0.717) is 48.3 Å². The van der Waals surface area contributed by atoms with Gasteiger partial charge in [0, 0.05) is 12.3 Å². The Morgan fingerprint density at radius 1 is 0.733 bits per heavy atom. The summed E-state index contributed by atoms with van der Waals surface area (Å²) >= 11 is 0. The van der Waals surface area contributed by atoms with Crippen molar-refractivity contribution in [2.75, 3.05) is 19.8 Å². The fraction of sp³-hybridized carbons (Fsp3) is 0.955. The van der Waals surface area contributed by atoms with Crippen LogP contribution in [0.5, 0.6) is 0 Å². The Hall–Kier alpha value is -0.900. The monoisotopic (exact) mass is 854 g/mol. The molecule has 0 aromatic heterocycles. The van der Waals surface area contributed by atoms with Crippen LogP contribution in [0.3, 0.4) is 0 Å². The maximum atomic E-state index is 11.5. The number of aliphatic hydroxyl groups excluding tert-OH is 8. The smallest absolute Gasteiger partial charge is 0.187 e. The molecule has 0 radical (unpaired) electrons. The third-order valence-corrected chi connectivity index (χ3v) is 17.3. The van der Waals surface area contributed by atoms with Crippen molar-refractivity contribution >= 4 is 0 Å². The van der Waals surface area contributed by atoms with Gasteiger partial charge in [-0.15, -0.1) is 0 Å². The first-order valence-corrected chi connectivity index (χ1v) is 22.8. The minimum atomic E-state index is -1.72. The van der Waals surface area contributed by atoms with Gasteiger partial charge in [0.1, 0.15) is 61.0 Å². The molecule has 9 aliphatic rings. The quantitative estimate of drug-likeness (QED) is 0.166. The molecule has 5 aliphatic heterocycles. The van der Waals surface area contributed by atoms with Crippen LogP contribution in [0.25, 0.3) is 0 Å². The summed E-state index contributed by atoms with van der Waals surface area (Å²) in [6.45, 7) is 10.9. The molecule has 16 nitrogen and oxygen atoms in total. The summed E-state index contributed by atoms with van der Waals surface area (Å²) in [6, 6.07) is 0. The summed E-state index contributed by atoms with van der Waals surface area (Å²) in [5.74, 6) is 2.62. The van der Waals surface area contributed by atoms with E-state index in [-0.39, 0.29) is 29.6 Å². The topological polar surface area (TPSA) is 236 Å². The van der Waals surface area contributed by atoms with Crippen molar-refractivity contribution in [3.8, 4) is 0 Å². The average Bonchev–Trinajstić information content (AvgIpc) is 3.68. The van der Waals surface area contributed by atoms with Gasteiger partial charge in [0.15, 0.2) is 24.7 Å². The zero-order chi connectivity index (χ0) is 42.6. The van der Waals surface area contributed by atoms with Gasteiger partial charge in [0.2, 0.25) is 0 Å². The summed E-state index contributed by atoms with van der Waals surface area (Å²) < 4.78 is 50.1. The summed E-state index contributed by atoms with van der Waals surface area (Å²) in [4.78, 5) is 0. The summed E-state index contributed by atoms with van der Waals surface area (Å²) in [5.41, 5.74) is 1.52. The molecule has 342 valence electrons. The maximum Gasteiger partial charge on any atom is 0.187 e. The van der Waals surface area contributed by atoms with Gasteiger partial charge in [-0.2, -0.15) is 0 Å². The number of aliphatic hydroxyl groups is 8. The molecule has 4 aliphatic carbocycles. The van der Waals surface area contributed by atoms with Crippen molar-refractivity contribution in [3.63, 3.8) is 0 Å². The zero-order valence-corrected chi connectivity index (χ0v) is 35.6. The number of allylic oxidation sites excluding steroid dienone is 1. The highest BCUT2D eigenvalue weighted by Crippen LogP contribution is 2.70. The Morgan fingerprint density at radius 3 is 2.22 bits per heavy atom. The molecule has 1 spiro atoms. The number of rotatable bonds is 7. The van der Waals surface area contributed by atoms with Gasteiger partial charge >= 0.3 is 0 Å². The van der Waals surface area contributed by atoms with Crippen molar-refractivity contribution in [2.24, 2.45) is 46.3 Å². The lowest BCUT2D eigenvalue weighted by molar-refractivity contribution is -0.390. The van der Waals surface area contributed by atoms with E-state index in [1.807, 2.05) is 0 Å². The number of fused-ring (bicyclic) bond motifs is 7. The maximum absolute atomic E-state index is 11.5. The van der Waals surface area contributed by atoms with E-state index in [9.17, 15) is 40.9 Å².